The minimum absolute atomic E-state index is 0.0681. The van der Waals surface area contributed by atoms with E-state index in [0.717, 1.165) is 12.0 Å². The van der Waals surface area contributed by atoms with Crippen LogP contribution in [0.15, 0.2) is 72.0 Å². The standard InChI is InChI=1S/C26H25ClN8O2.C4H4N2/c1-14-6-3-7-15(12-14)35-22(30-17-9-4-8-16(27)19(17)25(35)37)18-10-5-11-34(18)23-20-21(31-26(28)32-23)29-13-33(2)24(20)36;1-2-5-4-6-3-1/h3-4,6-9,12,18H,5,10-11,13H2,1-2H3,(H3,28,29,31,32);1-4H/t18-;/m0./s1. The van der Waals surface area contributed by atoms with E-state index < -0.39 is 0 Å². The van der Waals surface area contributed by atoms with Gasteiger partial charge < -0.3 is 20.9 Å². The number of halogens is 1. The van der Waals surface area contributed by atoms with Crippen molar-refractivity contribution in [1.82, 2.24) is 34.4 Å². The average molecular weight is 597 g/mol. The molecule has 1 amide bonds. The molecule has 1 atom stereocenters. The molecule has 1 fully saturated rings. The molecule has 12 nitrogen and oxygen atoms in total. The third-order valence-electron chi connectivity index (χ3n) is 7.38. The molecule has 0 aliphatic carbocycles. The molecule has 3 aromatic heterocycles. The number of nitrogens with one attached hydrogen (secondary N) is 1. The largest absolute Gasteiger partial charge is 0.368 e. The van der Waals surface area contributed by atoms with Gasteiger partial charge in [0, 0.05) is 26.0 Å². The number of aromatic nitrogens is 6. The van der Waals surface area contributed by atoms with E-state index in [2.05, 4.69) is 25.3 Å². The van der Waals surface area contributed by atoms with Gasteiger partial charge >= 0.3 is 0 Å². The molecule has 2 aromatic carbocycles. The Morgan fingerprint density at radius 3 is 2.53 bits per heavy atom. The maximum absolute atomic E-state index is 14.0. The van der Waals surface area contributed by atoms with Gasteiger partial charge in [-0.05, 0) is 55.7 Å². The fraction of sp³-hybridized carbons (Fsp3) is 0.233. The van der Waals surface area contributed by atoms with Gasteiger partial charge in [0.2, 0.25) is 5.95 Å². The molecule has 13 heteroatoms. The van der Waals surface area contributed by atoms with Gasteiger partial charge in [0.25, 0.3) is 11.5 Å². The van der Waals surface area contributed by atoms with Gasteiger partial charge in [-0.2, -0.15) is 9.97 Å². The predicted octanol–water partition coefficient (Wildman–Crippen LogP) is 3.99. The molecule has 0 bridgehead atoms. The van der Waals surface area contributed by atoms with E-state index in [9.17, 15) is 9.59 Å². The zero-order valence-corrected chi connectivity index (χ0v) is 24.4. The summed E-state index contributed by atoms with van der Waals surface area (Å²) in [6.45, 7) is 2.91. The molecule has 5 heterocycles. The predicted molar refractivity (Wildman–Crippen MR) is 165 cm³/mol. The van der Waals surface area contributed by atoms with E-state index in [1.807, 2.05) is 36.1 Å². The summed E-state index contributed by atoms with van der Waals surface area (Å²) in [5, 5.41) is 3.86. The lowest BCUT2D eigenvalue weighted by atomic mass is 10.1. The quantitative estimate of drug-likeness (QED) is 0.313. The number of rotatable bonds is 3. The minimum Gasteiger partial charge on any atom is -0.368 e. The number of fused-ring (bicyclic) bond motifs is 2. The third kappa shape index (κ3) is 5.32. The van der Waals surface area contributed by atoms with Gasteiger partial charge in [0.05, 0.1) is 34.3 Å². The number of aryl methyl sites for hydroxylation is 1. The van der Waals surface area contributed by atoms with Gasteiger partial charge in [0.15, 0.2) is 0 Å². The van der Waals surface area contributed by atoms with Crippen LogP contribution in [0.3, 0.4) is 0 Å². The topological polar surface area (TPSA) is 148 Å². The highest BCUT2D eigenvalue weighted by Crippen LogP contribution is 2.40. The van der Waals surface area contributed by atoms with Crippen LogP contribution >= 0.6 is 11.6 Å². The summed E-state index contributed by atoms with van der Waals surface area (Å²) in [5.41, 5.74) is 8.41. The van der Waals surface area contributed by atoms with E-state index in [1.54, 1.807) is 53.2 Å². The molecule has 7 rings (SSSR count). The van der Waals surface area contributed by atoms with Crippen LogP contribution in [0.25, 0.3) is 16.6 Å². The first kappa shape index (κ1) is 28.0. The van der Waals surface area contributed by atoms with Gasteiger partial charge in [-0.1, -0.05) is 29.8 Å². The van der Waals surface area contributed by atoms with Crippen LogP contribution in [-0.4, -0.2) is 60.6 Å². The maximum atomic E-state index is 14.0. The third-order valence-corrected chi connectivity index (χ3v) is 7.70. The monoisotopic (exact) mass is 596 g/mol. The normalized spacial score (nSPS) is 16.0. The Morgan fingerprint density at radius 2 is 1.81 bits per heavy atom. The summed E-state index contributed by atoms with van der Waals surface area (Å²) in [6.07, 6.45) is 6.40. The number of carbonyl (C=O) groups is 1. The highest BCUT2D eigenvalue weighted by Gasteiger charge is 2.37. The Hall–Kier alpha value is -5.10. The number of nitrogen functional groups attached to an aromatic ring is 1. The van der Waals surface area contributed by atoms with Gasteiger partial charge in [-0.15, -0.1) is 0 Å². The number of amides is 1. The van der Waals surface area contributed by atoms with Gasteiger partial charge in [0.1, 0.15) is 29.4 Å². The first-order valence-electron chi connectivity index (χ1n) is 13.7. The number of nitrogens with two attached hydrogens (primary N) is 1. The maximum Gasteiger partial charge on any atom is 0.267 e. The first-order chi connectivity index (χ1) is 20.8. The molecule has 218 valence electrons. The lowest BCUT2D eigenvalue weighted by Gasteiger charge is -2.32. The summed E-state index contributed by atoms with van der Waals surface area (Å²) in [7, 11) is 1.71. The number of benzene rings is 2. The van der Waals surface area contributed by atoms with Crippen molar-refractivity contribution in [3.63, 3.8) is 0 Å². The van der Waals surface area contributed by atoms with Crippen LogP contribution in [0, 0.1) is 6.92 Å². The van der Waals surface area contributed by atoms with Crippen molar-refractivity contribution < 1.29 is 4.79 Å². The zero-order chi connectivity index (χ0) is 30.1. The smallest absolute Gasteiger partial charge is 0.267 e. The zero-order valence-electron chi connectivity index (χ0n) is 23.6. The molecule has 2 aliphatic rings. The van der Waals surface area contributed by atoms with Crippen molar-refractivity contribution in [3.05, 3.63) is 99.6 Å². The molecular weight excluding hydrogens is 568 g/mol. The van der Waals surface area contributed by atoms with Crippen LogP contribution in [0.2, 0.25) is 5.02 Å². The van der Waals surface area contributed by atoms with Crippen LogP contribution in [0.5, 0.6) is 0 Å². The minimum atomic E-state index is -0.338. The molecule has 0 saturated carbocycles. The van der Waals surface area contributed by atoms with E-state index in [0.29, 0.717) is 64.3 Å². The fourth-order valence-electron chi connectivity index (χ4n) is 5.44. The molecule has 2 aliphatic heterocycles. The summed E-state index contributed by atoms with van der Waals surface area (Å²) >= 11 is 6.47. The van der Waals surface area contributed by atoms with E-state index in [4.69, 9.17) is 22.3 Å². The second kappa shape index (κ2) is 11.6. The Labute approximate surface area is 252 Å². The molecule has 3 N–H and O–H groups in total. The molecule has 5 aromatic rings. The lowest BCUT2D eigenvalue weighted by molar-refractivity contribution is 0.0796. The van der Waals surface area contributed by atoms with Gasteiger partial charge in [-0.25, -0.2) is 15.0 Å². The molecule has 0 radical (unpaired) electrons. The van der Waals surface area contributed by atoms with Crippen molar-refractivity contribution in [2.75, 3.05) is 36.2 Å². The first-order valence-corrected chi connectivity index (χ1v) is 14.1. The van der Waals surface area contributed by atoms with Crippen molar-refractivity contribution in [2.24, 2.45) is 0 Å². The average Bonchev–Trinajstić information content (AvgIpc) is 3.49. The molecule has 0 spiro atoms. The molecule has 0 unspecified atom stereocenters. The van der Waals surface area contributed by atoms with Crippen LogP contribution < -0.4 is 21.5 Å². The van der Waals surface area contributed by atoms with E-state index in [1.165, 1.54) is 6.33 Å². The summed E-state index contributed by atoms with van der Waals surface area (Å²) < 4.78 is 1.63. The second-order valence-corrected chi connectivity index (χ2v) is 10.7. The summed E-state index contributed by atoms with van der Waals surface area (Å²) in [6, 6.07) is 14.4. The molecular formula is C30H29ClN10O2. The summed E-state index contributed by atoms with van der Waals surface area (Å²) in [5.74, 6) is 1.27. The Balaban J connectivity index is 0.000000491. The van der Waals surface area contributed by atoms with E-state index in [-0.39, 0.29) is 23.5 Å². The van der Waals surface area contributed by atoms with Crippen molar-refractivity contribution >= 4 is 46.0 Å². The van der Waals surface area contributed by atoms with E-state index >= 15 is 0 Å². The number of carbonyl (C=O) groups excluding carboxylic acids is 1. The van der Waals surface area contributed by atoms with Crippen molar-refractivity contribution in [3.8, 4) is 5.69 Å². The lowest BCUT2D eigenvalue weighted by Crippen LogP contribution is -2.40. The summed E-state index contributed by atoms with van der Waals surface area (Å²) in [4.78, 5) is 51.8. The Bertz CT molecular complexity index is 1850. The number of nitrogens with zero attached hydrogens (tertiary/aromatic N) is 8. The highest BCUT2D eigenvalue weighted by atomic mass is 35.5. The van der Waals surface area contributed by atoms with Gasteiger partial charge in [-0.3, -0.25) is 14.2 Å². The Kier molecular flexibility index (Phi) is 7.59. The number of hydrogen-bond donors (Lipinski definition) is 2. The van der Waals surface area contributed by atoms with Crippen molar-refractivity contribution in [1.29, 1.82) is 0 Å². The Morgan fingerprint density at radius 1 is 1.02 bits per heavy atom. The number of anilines is 3. The van der Waals surface area contributed by atoms with Crippen LogP contribution in [0.4, 0.5) is 17.6 Å². The highest BCUT2D eigenvalue weighted by molar-refractivity contribution is 6.35. The van der Waals surface area contributed by atoms with Crippen molar-refractivity contribution in [2.45, 2.75) is 25.8 Å². The fourth-order valence-corrected chi connectivity index (χ4v) is 5.69. The SMILES string of the molecule is Cc1cccc(-n2c([C@@H]3CCCN3c3nc(N)nc4c3C(=O)N(C)CN4)nc3cccc(Cl)c3c2=O)c1.c1cncnc1. The number of hydrogen-bond acceptors (Lipinski definition) is 10. The van der Waals surface area contributed by atoms with Crippen LogP contribution in [0.1, 0.15) is 40.6 Å². The second-order valence-electron chi connectivity index (χ2n) is 10.3. The molecule has 1 saturated heterocycles. The van der Waals surface area contributed by atoms with Crippen LogP contribution in [-0.2, 0) is 0 Å². The molecule has 43 heavy (non-hydrogen) atoms.